The van der Waals surface area contributed by atoms with Gasteiger partial charge in [-0.3, -0.25) is 9.69 Å². The summed E-state index contributed by atoms with van der Waals surface area (Å²) in [4.78, 5) is 14.3. The Hall–Kier alpha value is -1.04. The van der Waals surface area contributed by atoms with Crippen LogP contribution < -0.4 is 0 Å². The van der Waals surface area contributed by atoms with E-state index in [9.17, 15) is 4.79 Å². The van der Waals surface area contributed by atoms with E-state index < -0.39 is 0 Å². The molecular formula is C14H14ClNO2S2. The van der Waals surface area contributed by atoms with Crippen molar-refractivity contribution in [2.45, 2.75) is 13.3 Å². The van der Waals surface area contributed by atoms with Gasteiger partial charge in [0.2, 0.25) is 0 Å². The number of rotatable bonds is 5. The summed E-state index contributed by atoms with van der Waals surface area (Å²) in [5.41, 5.74) is 1.12. The normalized spacial score (nSPS) is 17.1. The zero-order valence-corrected chi connectivity index (χ0v) is 13.4. The van der Waals surface area contributed by atoms with E-state index in [2.05, 4.69) is 0 Å². The number of hydrogen-bond acceptors (Lipinski definition) is 4. The molecule has 20 heavy (non-hydrogen) atoms. The van der Waals surface area contributed by atoms with E-state index in [1.807, 2.05) is 31.2 Å². The van der Waals surface area contributed by atoms with Gasteiger partial charge in [-0.25, -0.2) is 0 Å². The summed E-state index contributed by atoms with van der Waals surface area (Å²) in [6, 6.07) is 7.60. The fourth-order valence-corrected chi connectivity index (χ4v) is 3.08. The van der Waals surface area contributed by atoms with E-state index in [0.717, 1.165) is 12.0 Å². The summed E-state index contributed by atoms with van der Waals surface area (Å²) < 4.78 is 5.73. The minimum absolute atomic E-state index is 0.0811. The van der Waals surface area contributed by atoms with Gasteiger partial charge in [-0.2, -0.15) is 0 Å². The molecule has 0 aliphatic carbocycles. The van der Waals surface area contributed by atoms with Gasteiger partial charge in [0.05, 0.1) is 6.61 Å². The number of carbonyl (C=O) groups excluding carboxylic acids is 1. The van der Waals surface area contributed by atoms with Gasteiger partial charge in [0.25, 0.3) is 5.91 Å². The van der Waals surface area contributed by atoms with Crippen LogP contribution in [0.15, 0.2) is 35.4 Å². The van der Waals surface area contributed by atoms with Gasteiger partial charge in [0.1, 0.15) is 15.5 Å². The van der Waals surface area contributed by atoms with Crippen LogP contribution in [0.4, 0.5) is 0 Å². The van der Waals surface area contributed by atoms with Crippen LogP contribution >= 0.6 is 35.6 Å². The molecule has 0 spiro atoms. The summed E-state index contributed by atoms with van der Waals surface area (Å²) in [7, 11) is 0. The number of carbonyl (C=O) groups is 1. The molecule has 1 heterocycles. The van der Waals surface area contributed by atoms with E-state index in [0.29, 0.717) is 27.4 Å². The molecule has 1 aromatic carbocycles. The predicted molar refractivity (Wildman–Crippen MR) is 86.8 cm³/mol. The molecule has 1 saturated heterocycles. The Kier molecular flexibility index (Phi) is 5.46. The second-order valence-corrected chi connectivity index (χ2v) is 6.25. The van der Waals surface area contributed by atoms with Gasteiger partial charge in [-0.1, -0.05) is 47.7 Å². The second kappa shape index (κ2) is 7.11. The zero-order chi connectivity index (χ0) is 14.5. The van der Waals surface area contributed by atoms with Crippen molar-refractivity contribution in [2.75, 3.05) is 13.2 Å². The van der Waals surface area contributed by atoms with Crippen molar-refractivity contribution in [3.8, 4) is 0 Å². The molecule has 2 rings (SSSR count). The Morgan fingerprint density at radius 1 is 1.40 bits per heavy atom. The first kappa shape index (κ1) is 15.4. The van der Waals surface area contributed by atoms with Crippen LogP contribution in [0.1, 0.15) is 12.5 Å². The van der Waals surface area contributed by atoms with Crippen LogP contribution in [-0.4, -0.2) is 28.3 Å². The molecule has 1 aliphatic rings. The molecule has 6 heteroatoms. The molecule has 0 N–H and O–H groups in total. The van der Waals surface area contributed by atoms with Crippen LogP contribution in [0.25, 0.3) is 0 Å². The van der Waals surface area contributed by atoms with E-state index in [4.69, 9.17) is 28.6 Å². The van der Waals surface area contributed by atoms with Gasteiger partial charge >= 0.3 is 0 Å². The zero-order valence-electron chi connectivity index (χ0n) is 11.0. The summed E-state index contributed by atoms with van der Waals surface area (Å²) in [5.74, 6) is -0.0811. The van der Waals surface area contributed by atoms with E-state index in [1.54, 1.807) is 4.90 Å². The highest BCUT2D eigenvalue weighted by Crippen LogP contribution is 2.30. The Balaban J connectivity index is 1.97. The number of hydrogen-bond donors (Lipinski definition) is 0. The third kappa shape index (κ3) is 3.75. The van der Waals surface area contributed by atoms with Gasteiger partial charge < -0.3 is 4.74 Å². The van der Waals surface area contributed by atoms with Crippen LogP contribution in [0.5, 0.6) is 0 Å². The highest BCUT2D eigenvalue weighted by molar-refractivity contribution is 8.26. The van der Waals surface area contributed by atoms with Crippen molar-refractivity contribution < 1.29 is 9.53 Å². The molecule has 0 unspecified atom stereocenters. The lowest BCUT2D eigenvalue weighted by molar-refractivity contribution is -0.122. The minimum atomic E-state index is -0.0811. The number of amides is 1. The highest BCUT2D eigenvalue weighted by atomic mass is 35.5. The maximum atomic E-state index is 12.1. The first-order chi connectivity index (χ1) is 9.61. The first-order valence-electron chi connectivity index (χ1n) is 6.21. The number of thiocarbonyl (C=S) groups is 1. The third-order valence-corrected chi connectivity index (χ3v) is 4.38. The number of halogens is 1. The average molecular weight is 328 g/mol. The first-order valence-corrected chi connectivity index (χ1v) is 7.82. The fourth-order valence-electron chi connectivity index (χ4n) is 1.73. The maximum absolute atomic E-state index is 12.1. The van der Waals surface area contributed by atoms with Crippen molar-refractivity contribution in [2.24, 2.45) is 0 Å². The highest BCUT2D eigenvalue weighted by Gasteiger charge is 2.32. The molecular weight excluding hydrogens is 314 g/mol. The van der Waals surface area contributed by atoms with Crippen molar-refractivity contribution in [1.29, 1.82) is 0 Å². The topological polar surface area (TPSA) is 29.5 Å². The minimum Gasteiger partial charge on any atom is -0.500 e. The van der Waals surface area contributed by atoms with Crippen LogP contribution in [-0.2, 0) is 16.0 Å². The molecule has 1 aliphatic heterocycles. The molecule has 3 nitrogen and oxygen atoms in total. The summed E-state index contributed by atoms with van der Waals surface area (Å²) in [5, 5.41) is 0.707. The van der Waals surface area contributed by atoms with E-state index in [1.165, 1.54) is 18.0 Å². The predicted octanol–water partition coefficient (Wildman–Crippen LogP) is 3.62. The van der Waals surface area contributed by atoms with Crippen LogP contribution in [0.3, 0.4) is 0 Å². The Morgan fingerprint density at radius 2 is 2.10 bits per heavy atom. The van der Waals surface area contributed by atoms with Gasteiger partial charge in [0.15, 0.2) is 0 Å². The Labute approximate surface area is 132 Å². The summed E-state index contributed by atoms with van der Waals surface area (Å²) in [6.45, 7) is 2.97. The smallest absolute Gasteiger partial charge is 0.269 e. The largest absolute Gasteiger partial charge is 0.500 e. The molecule has 0 saturated carbocycles. The quantitative estimate of drug-likeness (QED) is 0.469. The average Bonchev–Trinajstić information content (AvgIpc) is 2.71. The summed E-state index contributed by atoms with van der Waals surface area (Å²) in [6.07, 6.45) is 2.23. The monoisotopic (exact) mass is 327 g/mol. The molecule has 1 fully saturated rings. The third-order valence-electron chi connectivity index (χ3n) is 2.77. The molecule has 0 bridgehead atoms. The fraction of sp³-hybridized carbons (Fsp3) is 0.286. The molecule has 106 valence electrons. The van der Waals surface area contributed by atoms with Gasteiger partial charge in [-0.05, 0) is 31.0 Å². The maximum Gasteiger partial charge on any atom is 0.269 e. The molecule has 0 aromatic heterocycles. The lowest BCUT2D eigenvalue weighted by Crippen LogP contribution is -2.30. The lowest BCUT2D eigenvalue weighted by atomic mass is 10.1. The van der Waals surface area contributed by atoms with Gasteiger partial charge in [0, 0.05) is 11.6 Å². The SMILES string of the molecule is CCO/C=C1/SC(=S)N(CCc2ccc(Cl)cc2)C1=O. The van der Waals surface area contributed by atoms with Crippen molar-refractivity contribution in [3.05, 3.63) is 46.0 Å². The molecule has 0 radical (unpaired) electrons. The number of nitrogens with zero attached hydrogens (tertiary/aromatic N) is 1. The van der Waals surface area contributed by atoms with Crippen LogP contribution in [0, 0.1) is 0 Å². The lowest BCUT2D eigenvalue weighted by Gasteiger charge is -2.14. The Morgan fingerprint density at radius 3 is 2.75 bits per heavy atom. The van der Waals surface area contributed by atoms with Gasteiger partial charge in [-0.15, -0.1) is 0 Å². The second-order valence-electron chi connectivity index (χ2n) is 4.14. The standard InChI is InChI=1S/C14H14ClNO2S2/c1-2-18-9-12-13(17)16(14(19)20-12)8-7-10-3-5-11(15)6-4-10/h3-6,9H,2,7-8H2,1H3/b12-9+. The molecule has 1 aromatic rings. The van der Waals surface area contributed by atoms with Crippen LogP contribution in [0.2, 0.25) is 5.02 Å². The van der Waals surface area contributed by atoms with Crippen molar-refractivity contribution >= 4 is 45.8 Å². The van der Waals surface area contributed by atoms with Crippen molar-refractivity contribution in [1.82, 2.24) is 4.90 Å². The molecule has 1 amide bonds. The Bertz CT molecular complexity index is 543. The van der Waals surface area contributed by atoms with E-state index in [-0.39, 0.29) is 5.91 Å². The molecule has 0 atom stereocenters. The summed E-state index contributed by atoms with van der Waals surface area (Å²) >= 11 is 12.4. The number of benzene rings is 1. The number of ether oxygens (including phenoxy) is 1. The van der Waals surface area contributed by atoms with E-state index >= 15 is 0 Å². The van der Waals surface area contributed by atoms with Crippen molar-refractivity contribution in [3.63, 3.8) is 0 Å². The number of thioether (sulfide) groups is 1.